The van der Waals surface area contributed by atoms with Crippen LogP contribution in [0.2, 0.25) is 0 Å². The van der Waals surface area contributed by atoms with E-state index >= 15 is 0 Å². The molecule has 0 saturated carbocycles. The second-order valence-electron chi connectivity index (χ2n) is 8.81. The zero-order chi connectivity index (χ0) is 24.9. The van der Waals surface area contributed by atoms with Gasteiger partial charge in [-0.05, 0) is 68.4 Å². The molecule has 0 fully saturated rings. The number of rotatable bonds is 9. The third-order valence-electron chi connectivity index (χ3n) is 6.02. The van der Waals surface area contributed by atoms with Gasteiger partial charge in [-0.1, -0.05) is 73.2 Å². The summed E-state index contributed by atoms with van der Waals surface area (Å²) in [5.41, 5.74) is 6.15. The van der Waals surface area contributed by atoms with E-state index in [1.54, 1.807) is 0 Å². The summed E-state index contributed by atoms with van der Waals surface area (Å²) < 4.78 is 29.0. The van der Waals surface area contributed by atoms with E-state index in [2.05, 4.69) is 5.32 Å². The quantitative estimate of drug-likeness (QED) is 0.451. The SMILES string of the molecule is CCc1cccc(C)c1NC(=O)CN(CCc1ccccc1)S(=O)(=O)c1c(C)cc(C)cc1C. The van der Waals surface area contributed by atoms with Gasteiger partial charge in [-0.25, -0.2) is 8.42 Å². The first kappa shape index (κ1) is 25.7. The average molecular weight is 479 g/mol. The number of benzene rings is 3. The molecule has 5 nitrogen and oxygen atoms in total. The Morgan fingerprint density at radius 3 is 2.15 bits per heavy atom. The van der Waals surface area contributed by atoms with E-state index in [0.717, 1.165) is 34.4 Å². The highest BCUT2D eigenvalue weighted by atomic mass is 32.2. The number of sulfonamides is 1. The van der Waals surface area contributed by atoms with Crippen molar-refractivity contribution in [3.05, 3.63) is 94.0 Å². The van der Waals surface area contributed by atoms with Gasteiger partial charge in [0.25, 0.3) is 0 Å². The number of carbonyl (C=O) groups is 1. The van der Waals surface area contributed by atoms with Gasteiger partial charge in [0.05, 0.1) is 11.4 Å². The molecule has 3 rings (SSSR count). The summed E-state index contributed by atoms with van der Waals surface area (Å²) in [6, 6.07) is 19.3. The number of hydrogen-bond donors (Lipinski definition) is 1. The molecule has 3 aromatic rings. The summed E-state index contributed by atoms with van der Waals surface area (Å²) in [5.74, 6) is -0.344. The highest BCUT2D eigenvalue weighted by Crippen LogP contribution is 2.26. The van der Waals surface area contributed by atoms with Crippen LogP contribution in [-0.4, -0.2) is 31.7 Å². The number of carbonyl (C=O) groups excluding carboxylic acids is 1. The number of para-hydroxylation sites is 1. The van der Waals surface area contributed by atoms with Gasteiger partial charge in [0, 0.05) is 12.2 Å². The van der Waals surface area contributed by atoms with Crippen molar-refractivity contribution in [1.29, 1.82) is 0 Å². The highest BCUT2D eigenvalue weighted by Gasteiger charge is 2.29. The van der Waals surface area contributed by atoms with Gasteiger partial charge in [0.1, 0.15) is 0 Å². The second-order valence-corrected chi connectivity index (χ2v) is 10.7. The normalized spacial score (nSPS) is 11.6. The van der Waals surface area contributed by atoms with Crippen molar-refractivity contribution < 1.29 is 13.2 Å². The lowest BCUT2D eigenvalue weighted by molar-refractivity contribution is -0.116. The van der Waals surface area contributed by atoms with E-state index in [-0.39, 0.29) is 23.9 Å². The van der Waals surface area contributed by atoms with E-state index in [1.165, 1.54) is 4.31 Å². The number of aryl methyl sites for hydroxylation is 5. The van der Waals surface area contributed by atoms with Gasteiger partial charge in [-0.3, -0.25) is 4.79 Å². The fraction of sp³-hybridized carbons (Fsp3) is 0.321. The Morgan fingerprint density at radius 2 is 1.53 bits per heavy atom. The zero-order valence-corrected chi connectivity index (χ0v) is 21.5. The van der Waals surface area contributed by atoms with Gasteiger partial charge in [0.2, 0.25) is 15.9 Å². The van der Waals surface area contributed by atoms with Gasteiger partial charge in [0.15, 0.2) is 0 Å². The maximum absolute atomic E-state index is 13.8. The number of hydrogen-bond acceptors (Lipinski definition) is 3. The molecule has 0 bridgehead atoms. The lowest BCUT2D eigenvalue weighted by Gasteiger charge is -2.24. The topological polar surface area (TPSA) is 66.5 Å². The minimum absolute atomic E-state index is 0.209. The van der Waals surface area contributed by atoms with E-state index in [1.807, 2.05) is 95.3 Å². The molecular formula is C28H34N2O3S. The monoisotopic (exact) mass is 478 g/mol. The van der Waals surface area contributed by atoms with Crippen LogP contribution in [0.4, 0.5) is 5.69 Å². The van der Waals surface area contributed by atoms with Crippen LogP contribution in [-0.2, 0) is 27.7 Å². The van der Waals surface area contributed by atoms with Crippen LogP contribution in [0.3, 0.4) is 0 Å². The molecule has 0 unspecified atom stereocenters. The molecule has 0 saturated heterocycles. The number of nitrogens with zero attached hydrogens (tertiary/aromatic N) is 1. The molecule has 0 aliphatic rings. The van der Waals surface area contributed by atoms with Gasteiger partial charge in [-0.15, -0.1) is 0 Å². The molecule has 0 atom stereocenters. The number of amides is 1. The number of nitrogens with one attached hydrogen (secondary N) is 1. The summed E-state index contributed by atoms with van der Waals surface area (Å²) in [6.45, 7) is 9.50. The standard InChI is InChI=1S/C28H34N2O3S/c1-6-25-14-10-11-21(3)27(25)29-26(31)19-30(16-15-24-12-8-7-9-13-24)34(32,33)28-22(4)17-20(2)18-23(28)5/h7-14,17-18H,6,15-16,19H2,1-5H3,(H,29,31). The Balaban J connectivity index is 1.93. The molecule has 1 N–H and O–H groups in total. The van der Waals surface area contributed by atoms with Crippen LogP contribution in [0.1, 0.15) is 40.3 Å². The fourth-order valence-electron chi connectivity index (χ4n) is 4.43. The molecular weight excluding hydrogens is 444 g/mol. The minimum Gasteiger partial charge on any atom is -0.324 e. The molecule has 0 aliphatic carbocycles. The third kappa shape index (κ3) is 5.93. The van der Waals surface area contributed by atoms with Gasteiger partial charge in [-0.2, -0.15) is 4.31 Å². The summed E-state index contributed by atoms with van der Waals surface area (Å²) in [4.78, 5) is 13.4. The third-order valence-corrected chi connectivity index (χ3v) is 8.17. The molecule has 34 heavy (non-hydrogen) atoms. The Labute approximate surface area is 203 Å². The summed E-state index contributed by atoms with van der Waals surface area (Å²) >= 11 is 0. The van der Waals surface area contributed by atoms with Gasteiger partial charge >= 0.3 is 0 Å². The zero-order valence-electron chi connectivity index (χ0n) is 20.7. The van der Waals surface area contributed by atoms with Gasteiger partial charge < -0.3 is 5.32 Å². The summed E-state index contributed by atoms with van der Waals surface area (Å²) in [7, 11) is -3.89. The molecule has 180 valence electrons. The van der Waals surface area contributed by atoms with Crippen molar-refractivity contribution in [1.82, 2.24) is 4.31 Å². The average Bonchev–Trinajstić information content (AvgIpc) is 2.77. The van der Waals surface area contributed by atoms with Crippen molar-refractivity contribution in [2.45, 2.75) is 52.4 Å². The molecule has 6 heteroatoms. The minimum atomic E-state index is -3.89. The van der Waals surface area contributed by atoms with Crippen LogP contribution in [0.15, 0.2) is 65.6 Å². The van der Waals surface area contributed by atoms with Crippen LogP contribution in [0.25, 0.3) is 0 Å². The first-order chi connectivity index (χ1) is 16.1. The maximum Gasteiger partial charge on any atom is 0.244 e. The van der Waals surface area contributed by atoms with Crippen LogP contribution in [0.5, 0.6) is 0 Å². The lowest BCUT2D eigenvalue weighted by Crippen LogP contribution is -2.40. The maximum atomic E-state index is 13.8. The molecule has 0 aliphatic heterocycles. The number of anilines is 1. The fourth-order valence-corrected chi connectivity index (χ4v) is 6.24. The molecule has 0 heterocycles. The summed E-state index contributed by atoms with van der Waals surface area (Å²) in [5, 5.41) is 2.98. The Morgan fingerprint density at radius 1 is 0.882 bits per heavy atom. The second kappa shape index (κ2) is 11.0. The van der Waals surface area contributed by atoms with Crippen molar-refractivity contribution in [2.24, 2.45) is 0 Å². The van der Waals surface area contributed by atoms with Crippen LogP contribution >= 0.6 is 0 Å². The van der Waals surface area contributed by atoms with Crippen molar-refractivity contribution in [3.8, 4) is 0 Å². The van der Waals surface area contributed by atoms with Crippen molar-refractivity contribution >= 4 is 21.6 Å². The van der Waals surface area contributed by atoms with Crippen molar-refractivity contribution in [3.63, 3.8) is 0 Å². The largest absolute Gasteiger partial charge is 0.324 e. The first-order valence-corrected chi connectivity index (χ1v) is 13.1. The predicted molar refractivity (Wildman–Crippen MR) is 139 cm³/mol. The molecule has 3 aromatic carbocycles. The Kier molecular flexibility index (Phi) is 8.28. The first-order valence-electron chi connectivity index (χ1n) is 11.6. The molecule has 1 amide bonds. The van der Waals surface area contributed by atoms with E-state index in [4.69, 9.17) is 0 Å². The molecule has 0 aromatic heterocycles. The molecule has 0 spiro atoms. The molecule has 0 radical (unpaired) electrons. The van der Waals surface area contributed by atoms with Crippen LogP contribution < -0.4 is 5.32 Å². The van der Waals surface area contributed by atoms with E-state index < -0.39 is 10.0 Å². The van der Waals surface area contributed by atoms with E-state index in [0.29, 0.717) is 17.5 Å². The lowest BCUT2D eigenvalue weighted by atomic mass is 10.1. The highest BCUT2D eigenvalue weighted by molar-refractivity contribution is 7.89. The Hall–Kier alpha value is -2.96. The smallest absolute Gasteiger partial charge is 0.244 e. The van der Waals surface area contributed by atoms with Crippen LogP contribution in [0, 0.1) is 27.7 Å². The van der Waals surface area contributed by atoms with Crippen molar-refractivity contribution in [2.75, 3.05) is 18.4 Å². The Bertz CT molecular complexity index is 1250. The summed E-state index contributed by atoms with van der Waals surface area (Å²) in [6.07, 6.45) is 1.29. The predicted octanol–water partition coefficient (Wildman–Crippen LogP) is 5.35. The van der Waals surface area contributed by atoms with E-state index in [9.17, 15) is 13.2 Å².